The number of ether oxygens (including phenoxy) is 2. The molecule has 2 rings (SSSR count). The van der Waals surface area contributed by atoms with Gasteiger partial charge in [-0.05, 0) is 17.7 Å². The molecule has 0 unspecified atom stereocenters. The maximum atomic E-state index is 5.95. The van der Waals surface area contributed by atoms with Gasteiger partial charge in [0.1, 0.15) is 23.9 Å². The lowest BCUT2D eigenvalue weighted by Crippen LogP contribution is -2.05. The van der Waals surface area contributed by atoms with E-state index in [1.807, 2.05) is 38.1 Å². The van der Waals surface area contributed by atoms with Crippen LogP contribution in [0.25, 0.3) is 0 Å². The molecule has 0 bridgehead atoms. The number of benzene rings is 1. The van der Waals surface area contributed by atoms with Gasteiger partial charge in [-0.1, -0.05) is 26.0 Å². The molecule has 5 heteroatoms. The highest BCUT2D eigenvalue weighted by molar-refractivity contribution is 6.17. The van der Waals surface area contributed by atoms with Crippen LogP contribution >= 0.6 is 11.6 Å². The summed E-state index contributed by atoms with van der Waals surface area (Å²) in [7, 11) is 1.64. The lowest BCUT2D eigenvalue weighted by molar-refractivity contribution is 0.299. The van der Waals surface area contributed by atoms with Gasteiger partial charge in [-0.3, -0.25) is 0 Å². The molecule has 0 atom stereocenters. The van der Waals surface area contributed by atoms with Crippen LogP contribution in [0.3, 0.4) is 0 Å². The molecule has 0 amide bonds. The molecule has 0 fully saturated rings. The molecule has 4 nitrogen and oxygen atoms in total. The highest BCUT2D eigenvalue weighted by atomic mass is 35.5. The molecule has 1 aromatic heterocycles. The van der Waals surface area contributed by atoms with Crippen molar-refractivity contribution in [2.45, 2.75) is 32.3 Å². The highest BCUT2D eigenvalue weighted by Crippen LogP contribution is 2.22. The first-order valence-corrected chi connectivity index (χ1v) is 7.35. The van der Waals surface area contributed by atoms with Crippen molar-refractivity contribution in [3.05, 3.63) is 47.5 Å². The molecule has 0 saturated heterocycles. The summed E-state index contributed by atoms with van der Waals surface area (Å²) >= 11 is 5.95. The number of nitrogens with zero attached hydrogens (tertiary/aromatic N) is 2. The summed E-state index contributed by atoms with van der Waals surface area (Å²) in [6.07, 6.45) is 1.69. The fourth-order valence-electron chi connectivity index (χ4n) is 1.84. The quantitative estimate of drug-likeness (QED) is 0.759. The summed E-state index contributed by atoms with van der Waals surface area (Å²) in [5, 5.41) is 0. The van der Waals surface area contributed by atoms with Gasteiger partial charge in [0, 0.05) is 5.92 Å². The minimum atomic E-state index is 0.263. The van der Waals surface area contributed by atoms with E-state index in [1.165, 1.54) is 0 Å². The Bertz CT molecular complexity index is 603. The monoisotopic (exact) mass is 306 g/mol. The molecule has 0 aliphatic carbocycles. The van der Waals surface area contributed by atoms with E-state index in [2.05, 4.69) is 9.97 Å². The van der Waals surface area contributed by atoms with E-state index in [-0.39, 0.29) is 5.92 Å². The van der Waals surface area contributed by atoms with Crippen molar-refractivity contribution in [1.82, 2.24) is 9.97 Å². The zero-order valence-electron chi connectivity index (χ0n) is 12.5. The van der Waals surface area contributed by atoms with Gasteiger partial charge in [-0.2, -0.15) is 0 Å². The zero-order chi connectivity index (χ0) is 15.2. The Kier molecular flexibility index (Phi) is 5.39. The molecule has 1 aromatic carbocycles. The van der Waals surface area contributed by atoms with Crippen molar-refractivity contribution in [3.8, 4) is 11.5 Å². The van der Waals surface area contributed by atoms with Gasteiger partial charge in [0.05, 0.1) is 19.2 Å². The molecule has 1 heterocycles. The SMILES string of the molecule is COc1cccc(COc2cnc(C(C)C)nc2CCl)c1. The van der Waals surface area contributed by atoms with Crippen molar-refractivity contribution in [1.29, 1.82) is 0 Å². The standard InChI is InChI=1S/C16H19ClN2O2/c1-11(2)16-18-9-15(14(8-17)19-16)21-10-12-5-4-6-13(7-12)20-3/h4-7,9,11H,8,10H2,1-3H3. The van der Waals surface area contributed by atoms with E-state index >= 15 is 0 Å². The molecular weight excluding hydrogens is 288 g/mol. The lowest BCUT2D eigenvalue weighted by atomic mass is 10.2. The Labute approximate surface area is 130 Å². The van der Waals surface area contributed by atoms with E-state index in [0.717, 1.165) is 22.8 Å². The van der Waals surface area contributed by atoms with Crippen LogP contribution < -0.4 is 9.47 Å². The van der Waals surface area contributed by atoms with Crippen molar-refractivity contribution in [2.75, 3.05) is 7.11 Å². The molecule has 0 radical (unpaired) electrons. The summed E-state index contributed by atoms with van der Waals surface area (Å²) in [4.78, 5) is 8.76. The summed E-state index contributed by atoms with van der Waals surface area (Å²) < 4.78 is 11.0. The first-order chi connectivity index (χ1) is 10.1. The summed E-state index contributed by atoms with van der Waals surface area (Å²) in [6.45, 7) is 4.51. The number of alkyl halides is 1. The fourth-order valence-corrected chi connectivity index (χ4v) is 2.03. The smallest absolute Gasteiger partial charge is 0.160 e. The predicted molar refractivity (Wildman–Crippen MR) is 83.0 cm³/mol. The Balaban J connectivity index is 2.12. The van der Waals surface area contributed by atoms with Crippen LogP contribution in [-0.4, -0.2) is 17.1 Å². The molecule has 0 aliphatic heterocycles. The number of aromatic nitrogens is 2. The van der Waals surface area contributed by atoms with Gasteiger partial charge >= 0.3 is 0 Å². The summed E-state index contributed by atoms with van der Waals surface area (Å²) in [5.41, 5.74) is 1.74. The van der Waals surface area contributed by atoms with E-state index in [0.29, 0.717) is 18.2 Å². The number of hydrogen-bond acceptors (Lipinski definition) is 4. The van der Waals surface area contributed by atoms with Crippen LogP contribution in [0.2, 0.25) is 0 Å². The van der Waals surface area contributed by atoms with E-state index in [1.54, 1.807) is 13.3 Å². The van der Waals surface area contributed by atoms with E-state index in [9.17, 15) is 0 Å². The van der Waals surface area contributed by atoms with Gasteiger partial charge in [-0.15, -0.1) is 11.6 Å². The summed E-state index contributed by atoms with van der Waals surface area (Å²) in [5.74, 6) is 2.77. The molecule has 112 valence electrons. The van der Waals surface area contributed by atoms with Gasteiger partial charge in [0.15, 0.2) is 5.75 Å². The third-order valence-electron chi connectivity index (χ3n) is 3.02. The van der Waals surface area contributed by atoms with Gasteiger partial charge in [0.2, 0.25) is 0 Å². The second-order valence-corrected chi connectivity index (χ2v) is 5.23. The van der Waals surface area contributed by atoms with Crippen LogP contribution in [0.15, 0.2) is 30.5 Å². The fraction of sp³-hybridized carbons (Fsp3) is 0.375. The third kappa shape index (κ3) is 4.08. The number of methoxy groups -OCH3 is 1. The lowest BCUT2D eigenvalue weighted by Gasteiger charge is -2.12. The third-order valence-corrected chi connectivity index (χ3v) is 3.27. The van der Waals surface area contributed by atoms with Crippen LogP contribution in [0.5, 0.6) is 11.5 Å². The molecule has 2 aromatic rings. The number of halogens is 1. The molecular formula is C16H19ClN2O2. The topological polar surface area (TPSA) is 44.2 Å². The molecule has 21 heavy (non-hydrogen) atoms. The van der Waals surface area contributed by atoms with E-state index in [4.69, 9.17) is 21.1 Å². The summed E-state index contributed by atoms with van der Waals surface area (Å²) in [6, 6.07) is 7.74. The normalized spacial score (nSPS) is 10.7. The molecule has 0 spiro atoms. The molecule has 0 saturated carbocycles. The Morgan fingerprint density at radius 3 is 2.76 bits per heavy atom. The van der Waals surface area contributed by atoms with E-state index < -0.39 is 0 Å². The first kappa shape index (κ1) is 15.6. The molecule has 0 aliphatic rings. The minimum absolute atomic E-state index is 0.263. The van der Waals surface area contributed by atoms with Gasteiger partial charge in [-0.25, -0.2) is 9.97 Å². The Hall–Kier alpha value is -1.81. The van der Waals surface area contributed by atoms with Crippen molar-refractivity contribution in [2.24, 2.45) is 0 Å². The van der Waals surface area contributed by atoms with Crippen molar-refractivity contribution < 1.29 is 9.47 Å². The average molecular weight is 307 g/mol. The Morgan fingerprint density at radius 1 is 1.29 bits per heavy atom. The van der Waals surface area contributed by atoms with Crippen molar-refractivity contribution >= 4 is 11.6 Å². The number of rotatable bonds is 6. The predicted octanol–water partition coefficient (Wildman–Crippen LogP) is 3.93. The van der Waals surface area contributed by atoms with Crippen molar-refractivity contribution in [3.63, 3.8) is 0 Å². The largest absolute Gasteiger partial charge is 0.497 e. The van der Waals surface area contributed by atoms with Crippen LogP contribution in [0, 0.1) is 0 Å². The zero-order valence-corrected chi connectivity index (χ0v) is 13.2. The number of hydrogen-bond donors (Lipinski definition) is 0. The maximum absolute atomic E-state index is 5.95. The highest BCUT2D eigenvalue weighted by Gasteiger charge is 2.10. The second-order valence-electron chi connectivity index (χ2n) is 4.97. The average Bonchev–Trinajstić information content (AvgIpc) is 2.52. The maximum Gasteiger partial charge on any atom is 0.160 e. The van der Waals surface area contributed by atoms with Gasteiger partial charge in [0.25, 0.3) is 0 Å². The Morgan fingerprint density at radius 2 is 2.10 bits per heavy atom. The van der Waals surface area contributed by atoms with Gasteiger partial charge < -0.3 is 9.47 Å². The molecule has 0 N–H and O–H groups in total. The van der Waals surface area contributed by atoms with Crippen LogP contribution in [0.1, 0.15) is 36.8 Å². The van der Waals surface area contributed by atoms with Crippen LogP contribution in [0.4, 0.5) is 0 Å². The first-order valence-electron chi connectivity index (χ1n) is 6.81. The second kappa shape index (κ2) is 7.27. The van der Waals surface area contributed by atoms with Crippen LogP contribution in [-0.2, 0) is 12.5 Å². The minimum Gasteiger partial charge on any atom is -0.497 e.